The molecule has 0 aliphatic carbocycles. The van der Waals surface area contributed by atoms with E-state index in [2.05, 4.69) is 0 Å². The van der Waals surface area contributed by atoms with Gasteiger partial charge in [-0.1, -0.05) is 6.92 Å². The van der Waals surface area contributed by atoms with Gasteiger partial charge in [-0.15, -0.1) is 0 Å². The number of Topliss-reactive ketones (excluding diaryl/α,β-unsaturated/α-hetero) is 2. The molecule has 3 aliphatic rings. The fourth-order valence-electron chi connectivity index (χ4n) is 3.10. The minimum Gasteiger partial charge on any atom is -0.462 e. The van der Waals surface area contributed by atoms with Gasteiger partial charge in [0.15, 0.2) is 17.2 Å². The first-order valence-corrected chi connectivity index (χ1v) is 7.80. The van der Waals surface area contributed by atoms with E-state index in [0.717, 1.165) is 0 Å². The summed E-state index contributed by atoms with van der Waals surface area (Å²) in [4.78, 5) is 36.0. The fourth-order valence-corrected chi connectivity index (χ4v) is 3.10. The van der Waals surface area contributed by atoms with E-state index < -0.39 is 23.3 Å². The third kappa shape index (κ3) is 3.38. The van der Waals surface area contributed by atoms with Crippen LogP contribution in [-0.4, -0.2) is 46.6 Å². The number of esters is 1. The summed E-state index contributed by atoms with van der Waals surface area (Å²) in [6.07, 6.45) is 1.54. The van der Waals surface area contributed by atoms with Crippen LogP contribution in [0.1, 0.15) is 52.9 Å². The van der Waals surface area contributed by atoms with Gasteiger partial charge in [-0.2, -0.15) is 0 Å². The lowest BCUT2D eigenvalue weighted by Crippen LogP contribution is -2.59. The SMILES string of the molecule is C[C@H]1CCCC2(C)OC(CCC(=O)OC[C@@](C)(O)C1=O)C2=O. The topological polar surface area (TPSA) is 89.9 Å². The van der Waals surface area contributed by atoms with Crippen LogP contribution in [-0.2, 0) is 23.9 Å². The standard InChI is InChI=1S/C16H24O6/c1-10-5-4-8-16(3)14(19)11(22-16)6-7-12(17)21-9-15(2,20)13(10)18/h10-11,20H,4-9H2,1-3H3/t10-,11?,15+,16?/m0/s1. The average Bonchev–Trinajstić information content (AvgIpc) is 2.47. The molecule has 0 amide bonds. The van der Waals surface area contributed by atoms with Crippen LogP contribution in [0.2, 0.25) is 0 Å². The lowest BCUT2D eigenvalue weighted by Gasteiger charge is -2.44. The zero-order chi connectivity index (χ0) is 16.5. The summed E-state index contributed by atoms with van der Waals surface area (Å²) in [6.45, 7) is 4.50. The van der Waals surface area contributed by atoms with E-state index >= 15 is 0 Å². The van der Waals surface area contributed by atoms with E-state index in [1.807, 2.05) is 0 Å². The Bertz CT molecular complexity index is 483. The number of carbonyl (C=O) groups excluding carboxylic acids is 3. The summed E-state index contributed by atoms with van der Waals surface area (Å²) in [6, 6.07) is 0. The van der Waals surface area contributed by atoms with E-state index in [9.17, 15) is 19.5 Å². The van der Waals surface area contributed by atoms with Crippen LogP contribution in [0.3, 0.4) is 0 Å². The second kappa shape index (κ2) is 6.08. The maximum atomic E-state index is 12.2. The van der Waals surface area contributed by atoms with Gasteiger partial charge in [-0.3, -0.25) is 14.4 Å². The highest BCUT2D eigenvalue weighted by atomic mass is 16.6. The summed E-state index contributed by atoms with van der Waals surface area (Å²) in [5.74, 6) is -1.24. The largest absolute Gasteiger partial charge is 0.462 e. The number of aliphatic hydroxyl groups is 1. The van der Waals surface area contributed by atoms with Gasteiger partial charge >= 0.3 is 5.97 Å². The minimum atomic E-state index is -1.67. The van der Waals surface area contributed by atoms with Gasteiger partial charge in [-0.05, 0) is 39.5 Å². The third-order valence-electron chi connectivity index (χ3n) is 4.61. The lowest BCUT2D eigenvalue weighted by atomic mass is 9.81. The molecule has 3 fully saturated rings. The molecule has 2 bridgehead atoms. The van der Waals surface area contributed by atoms with Crippen LogP contribution in [0.4, 0.5) is 0 Å². The summed E-state index contributed by atoms with van der Waals surface area (Å²) in [5.41, 5.74) is -2.47. The molecule has 124 valence electrons. The molecule has 0 spiro atoms. The monoisotopic (exact) mass is 312 g/mol. The average molecular weight is 312 g/mol. The maximum Gasteiger partial charge on any atom is 0.306 e. The molecule has 0 aromatic carbocycles. The van der Waals surface area contributed by atoms with E-state index in [0.29, 0.717) is 19.3 Å². The second-order valence-corrected chi connectivity index (χ2v) is 6.83. The van der Waals surface area contributed by atoms with Crippen molar-refractivity contribution in [2.24, 2.45) is 5.92 Å². The number of ketones is 2. The molecule has 4 atom stereocenters. The Balaban J connectivity index is 2.08. The Kier molecular flexibility index (Phi) is 4.73. The van der Waals surface area contributed by atoms with E-state index in [4.69, 9.17) is 9.47 Å². The van der Waals surface area contributed by atoms with Crippen LogP contribution in [0.15, 0.2) is 0 Å². The first kappa shape index (κ1) is 17.1. The van der Waals surface area contributed by atoms with Gasteiger partial charge in [0.25, 0.3) is 0 Å². The van der Waals surface area contributed by atoms with Gasteiger partial charge < -0.3 is 14.6 Å². The summed E-state index contributed by atoms with van der Waals surface area (Å²) < 4.78 is 10.6. The molecule has 3 saturated heterocycles. The zero-order valence-electron chi connectivity index (χ0n) is 13.4. The molecular weight excluding hydrogens is 288 g/mol. The zero-order valence-corrected chi connectivity index (χ0v) is 13.4. The molecule has 6 heteroatoms. The predicted molar refractivity (Wildman–Crippen MR) is 77.1 cm³/mol. The quantitative estimate of drug-likeness (QED) is 0.675. The fraction of sp³-hybridized carbons (Fsp3) is 0.812. The van der Waals surface area contributed by atoms with Gasteiger partial charge in [0.1, 0.15) is 18.3 Å². The summed E-state index contributed by atoms with van der Waals surface area (Å²) in [5, 5.41) is 10.2. The Morgan fingerprint density at radius 3 is 2.45 bits per heavy atom. The molecule has 6 nitrogen and oxygen atoms in total. The molecule has 0 saturated carbocycles. The van der Waals surface area contributed by atoms with Crippen molar-refractivity contribution in [3.63, 3.8) is 0 Å². The van der Waals surface area contributed by atoms with Crippen molar-refractivity contribution in [3.05, 3.63) is 0 Å². The Labute approximate surface area is 130 Å². The highest BCUT2D eigenvalue weighted by molar-refractivity contribution is 5.96. The van der Waals surface area contributed by atoms with Crippen LogP contribution >= 0.6 is 0 Å². The van der Waals surface area contributed by atoms with Crippen LogP contribution in [0, 0.1) is 5.92 Å². The van der Waals surface area contributed by atoms with E-state index in [1.165, 1.54) is 6.92 Å². The smallest absolute Gasteiger partial charge is 0.306 e. The van der Waals surface area contributed by atoms with Crippen LogP contribution in [0.5, 0.6) is 0 Å². The molecule has 2 unspecified atom stereocenters. The molecular formula is C16H24O6. The Morgan fingerprint density at radius 1 is 1.14 bits per heavy atom. The summed E-state index contributed by atoms with van der Waals surface area (Å²) >= 11 is 0. The predicted octanol–water partition coefficient (Wildman–Crippen LogP) is 1.18. The van der Waals surface area contributed by atoms with Gasteiger partial charge in [0, 0.05) is 12.3 Å². The molecule has 0 aromatic rings. The molecule has 3 heterocycles. The van der Waals surface area contributed by atoms with Crippen LogP contribution < -0.4 is 0 Å². The first-order valence-electron chi connectivity index (χ1n) is 7.80. The van der Waals surface area contributed by atoms with Crippen molar-refractivity contribution in [2.75, 3.05) is 6.61 Å². The van der Waals surface area contributed by atoms with Gasteiger partial charge in [-0.25, -0.2) is 0 Å². The molecule has 3 rings (SSSR count). The second-order valence-electron chi connectivity index (χ2n) is 6.83. The summed E-state index contributed by atoms with van der Waals surface area (Å²) in [7, 11) is 0. The molecule has 3 aliphatic heterocycles. The maximum absolute atomic E-state index is 12.2. The van der Waals surface area contributed by atoms with Gasteiger partial charge in [0.2, 0.25) is 0 Å². The molecule has 1 N–H and O–H groups in total. The third-order valence-corrected chi connectivity index (χ3v) is 4.61. The van der Waals surface area contributed by atoms with E-state index in [1.54, 1.807) is 13.8 Å². The van der Waals surface area contributed by atoms with Crippen LogP contribution in [0.25, 0.3) is 0 Å². The Hall–Kier alpha value is -1.27. The van der Waals surface area contributed by atoms with Gasteiger partial charge in [0.05, 0.1) is 0 Å². The number of hydrogen-bond donors (Lipinski definition) is 1. The van der Waals surface area contributed by atoms with Crippen molar-refractivity contribution in [3.8, 4) is 0 Å². The molecule has 22 heavy (non-hydrogen) atoms. The number of carbonyl (C=O) groups is 3. The number of hydrogen-bond acceptors (Lipinski definition) is 6. The van der Waals surface area contributed by atoms with Crippen molar-refractivity contribution < 1.29 is 29.0 Å². The highest BCUT2D eigenvalue weighted by Crippen LogP contribution is 2.36. The van der Waals surface area contributed by atoms with Crippen molar-refractivity contribution >= 4 is 17.5 Å². The van der Waals surface area contributed by atoms with Crippen molar-refractivity contribution in [1.29, 1.82) is 0 Å². The Morgan fingerprint density at radius 2 is 1.82 bits per heavy atom. The lowest BCUT2D eigenvalue weighted by molar-refractivity contribution is -0.201. The molecule has 0 aromatic heterocycles. The highest BCUT2D eigenvalue weighted by Gasteiger charge is 2.50. The van der Waals surface area contributed by atoms with E-state index in [-0.39, 0.29) is 36.9 Å². The molecule has 0 radical (unpaired) electrons. The number of fused-ring (bicyclic) bond motifs is 10. The first-order chi connectivity index (χ1) is 10.2. The number of rotatable bonds is 0. The van der Waals surface area contributed by atoms with Crippen molar-refractivity contribution in [1.82, 2.24) is 0 Å². The number of ether oxygens (including phenoxy) is 2. The normalized spacial score (nSPS) is 41.4. The minimum absolute atomic E-state index is 0.0170. The van der Waals surface area contributed by atoms with Crippen molar-refractivity contribution in [2.45, 2.75) is 70.2 Å².